The van der Waals surface area contributed by atoms with E-state index in [1.807, 2.05) is 24.3 Å². The number of fused-ring (bicyclic) bond motifs is 1. The van der Waals surface area contributed by atoms with Gasteiger partial charge < -0.3 is 19.5 Å². The monoisotopic (exact) mass is 445 g/mol. The minimum atomic E-state index is -1.02. The number of para-hydroxylation sites is 1. The summed E-state index contributed by atoms with van der Waals surface area (Å²) < 4.78 is 16.1. The highest BCUT2D eigenvalue weighted by Crippen LogP contribution is 2.34. The first-order chi connectivity index (χ1) is 14.9. The van der Waals surface area contributed by atoms with Crippen molar-refractivity contribution in [2.45, 2.75) is 6.42 Å². The van der Waals surface area contributed by atoms with Crippen LogP contribution in [0.25, 0.3) is 10.2 Å². The molecule has 2 aromatic carbocycles. The van der Waals surface area contributed by atoms with Crippen LogP contribution in [0.4, 0.5) is 5.69 Å². The zero-order valence-electron chi connectivity index (χ0n) is 16.7. The lowest BCUT2D eigenvalue weighted by Crippen LogP contribution is -2.30. The Bertz CT molecular complexity index is 1100. The highest BCUT2D eigenvalue weighted by molar-refractivity contribution is 7.18. The van der Waals surface area contributed by atoms with Gasteiger partial charge in [-0.2, -0.15) is 0 Å². The molecule has 11 heteroatoms. The summed E-state index contributed by atoms with van der Waals surface area (Å²) in [4.78, 5) is 39.4. The number of ether oxygens (including phenoxy) is 3. The first-order valence-electron chi connectivity index (χ1n) is 9.11. The van der Waals surface area contributed by atoms with E-state index in [-0.39, 0.29) is 17.1 Å². The number of amides is 1. The van der Waals surface area contributed by atoms with Crippen LogP contribution in [0.5, 0.6) is 11.5 Å². The molecule has 162 valence electrons. The zero-order valence-corrected chi connectivity index (χ0v) is 17.6. The standard InChI is InChI=1S/C20H19N3O7S/c1-28-15-9-12(14(23(26)27)10-16(15)29-2)20(25)30-11-18(24)21-8-7-19-22-13-5-3-4-6-17(13)31-19/h3-6,9-10H,7-8,11H2,1-2H3,(H,21,24). The number of benzene rings is 2. The number of nitrogens with zero attached hydrogens (tertiary/aromatic N) is 2. The molecule has 1 N–H and O–H groups in total. The number of aromatic nitrogens is 1. The molecule has 0 saturated carbocycles. The molecule has 0 aliphatic rings. The van der Waals surface area contributed by atoms with Gasteiger partial charge >= 0.3 is 5.97 Å². The lowest BCUT2D eigenvalue weighted by molar-refractivity contribution is -0.385. The molecule has 31 heavy (non-hydrogen) atoms. The van der Waals surface area contributed by atoms with Gasteiger partial charge in [0, 0.05) is 19.0 Å². The van der Waals surface area contributed by atoms with E-state index >= 15 is 0 Å². The number of carbonyl (C=O) groups is 2. The zero-order chi connectivity index (χ0) is 22.4. The molecule has 1 heterocycles. The normalized spacial score (nSPS) is 10.5. The summed E-state index contributed by atoms with van der Waals surface area (Å²) in [7, 11) is 2.65. The Hall–Kier alpha value is -3.73. The van der Waals surface area contributed by atoms with Crippen LogP contribution in [-0.4, -0.2) is 49.2 Å². The van der Waals surface area contributed by atoms with E-state index in [1.165, 1.54) is 14.2 Å². The van der Waals surface area contributed by atoms with Crippen LogP contribution in [0, 0.1) is 10.1 Å². The highest BCUT2D eigenvalue weighted by Gasteiger charge is 2.26. The lowest BCUT2D eigenvalue weighted by Gasteiger charge is -2.10. The van der Waals surface area contributed by atoms with E-state index in [0.29, 0.717) is 13.0 Å². The molecule has 10 nitrogen and oxygen atoms in total. The third-order valence-corrected chi connectivity index (χ3v) is 5.35. The molecule has 3 rings (SSSR count). The van der Waals surface area contributed by atoms with Gasteiger partial charge in [-0.15, -0.1) is 11.3 Å². The first kappa shape index (κ1) is 22.0. The number of hydrogen-bond donors (Lipinski definition) is 1. The van der Waals surface area contributed by atoms with Crippen LogP contribution in [0.15, 0.2) is 36.4 Å². The van der Waals surface area contributed by atoms with E-state index in [9.17, 15) is 19.7 Å². The highest BCUT2D eigenvalue weighted by atomic mass is 32.1. The molecule has 1 aromatic heterocycles. The summed E-state index contributed by atoms with van der Waals surface area (Å²) in [6.07, 6.45) is 0.528. The number of carbonyl (C=O) groups excluding carboxylic acids is 2. The van der Waals surface area contributed by atoms with Gasteiger partial charge in [0.2, 0.25) is 0 Å². The van der Waals surface area contributed by atoms with Crippen LogP contribution >= 0.6 is 11.3 Å². The van der Waals surface area contributed by atoms with Gasteiger partial charge in [-0.3, -0.25) is 14.9 Å². The van der Waals surface area contributed by atoms with Crippen molar-refractivity contribution < 1.29 is 28.7 Å². The Balaban J connectivity index is 1.56. The maximum Gasteiger partial charge on any atom is 0.345 e. The van der Waals surface area contributed by atoms with Crippen LogP contribution in [0.1, 0.15) is 15.4 Å². The average molecular weight is 445 g/mol. The maximum absolute atomic E-state index is 12.3. The summed E-state index contributed by atoms with van der Waals surface area (Å²) in [6, 6.07) is 9.94. The van der Waals surface area contributed by atoms with Crippen molar-refractivity contribution >= 4 is 39.1 Å². The van der Waals surface area contributed by atoms with E-state index in [0.717, 1.165) is 27.4 Å². The van der Waals surface area contributed by atoms with Crippen molar-refractivity contribution in [3.05, 3.63) is 57.1 Å². The summed E-state index contributed by atoms with van der Waals surface area (Å²) in [5.74, 6) is -1.33. The van der Waals surface area contributed by atoms with Crippen molar-refractivity contribution in [2.24, 2.45) is 0 Å². The summed E-state index contributed by atoms with van der Waals surface area (Å²) in [5, 5.41) is 14.8. The van der Waals surface area contributed by atoms with Crippen molar-refractivity contribution in [1.29, 1.82) is 0 Å². The van der Waals surface area contributed by atoms with Crippen LogP contribution in [0.3, 0.4) is 0 Å². The fraction of sp³-hybridized carbons (Fsp3) is 0.250. The predicted molar refractivity (Wildman–Crippen MR) is 113 cm³/mol. The Morgan fingerprint density at radius 3 is 2.55 bits per heavy atom. The maximum atomic E-state index is 12.3. The van der Waals surface area contributed by atoms with Crippen LogP contribution in [-0.2, 0) is 16.0 Å². The molecule has 0 fully saturated rings. The van der Waals surface area contributed by atoms with Gasteiger partial charge in [0.1, 0.15) is 5.56 Å². The van der Waals surface area contributed by atoms with Gasteiger partial charge in [-0.05, 0) is 12.1 Å². The third kappa shape index (κ3) is 5.25. The number of methoxy groups -OCH3 is 2. The summed E-state index contributed by atoms with van der Waals surface area (Å²) in [5.41, 5.74) is 0.0445. The van der Waals surface area contributed by atoms with Gasteiger partial charge in [0.25, 0.3) is 11.6 Å². The summed E-state index contributed by atoms with van der Waals surface area (Å²) in [6.45, 7) is -0.267. The van der Waals surface area contributed by atoms with Crippen molar-refractivity contribution in [2.75, 3.05) is 27.4 Å². The van der Waals surface area contributed by atoms with Gasteiger partial charge in [0.15, 0.2) is 18.1 Å². The number of esters is 1. The van der Waals surface area contributed by atoms with E-state index < -0.39 is 29.1 Å². The van der Waals surface area contributed by atoms with Crippen LogP contribution < -0.4 is 14.8 Å². The SMILES string of the molecule is COc1cc(C(=O)OCC(=O)NCCc2nc3ccccc3s2)c([N+](=O)[O-])cc1OC. The van der Waals surface area contributed by atoms with E-state index in [2.05, 4.69) is 10.3 Å². The van der Waals surface area contributed by atoms with E-state index in [1.54, 1.807) is 11.3 Å². The number of nitro benzene ring substituents is 1. The first-order valence-corrected chi connectivity index (χ1v) is 9.93. The fourth-order valence-corrected chi connectivity index (χ4v) is 3.75. The average Bonchev–Trinajstić information content (AvgIpc) is 3.19. The topological polar surface area (TPSA) is 130 Å². The molecular formula is C20H19N3O7S. The van der Waals surface area contributed by atoms with Crippen molar-refractivity contribution in [1.82, 2.24) is 10.3 Å². The second kappa shape index (κ2) is 9.85. The molecule has 1 amide bonds. The van der Waals surface area contributed by atoms with Gasteiger partial charge in [0.05, 0.1) is 40.4 Å². The Labute approximate surface area is 180 Å². The third-order valence-electron chi connectivity index (χ3n) is 4.25. The second-order valence-electron chi connectivity index (χ2n) is 6.23. The molecule has 0 unspecified atom stereocenters. The minimum Gasteiger partial charge on any atom is -0.493 e. The molecule has 0 saturated heterocycles. The quantitative estimate of drug-likeness (QED) is 0.302. The molecule has 0 aliphatic carbocycles. The number of hydrogen-bond acceptors (Lipinski definition) is 9. The predicted octanol–water partition coefficient (Wildman–Crippen LogP) is 2.74. The molecule has 3 aromatic rings. The molecule has 0 bridgehead atoms. The molecule has 0 radical (unpaired) electrons. The number of thiazole rings is 1. The number of rotatable bonds is 9. The Kier molecular flexibility index (Phi) is 6.98. The lowest BCUT2D eigenvalue weighted by atomic mass is 10.1. The van der Waals surface area contributed by atoms with Gasteiger partial charge in [-0.1, -0.05) is 12.1 Å². The Morgan fingerprint density at radius 1 is 1.16 bits per heavy atom. The second-order valence-corrected chi connectivity index (χ2v) is 7.35. The molecule has 0 spiro atoms. The van der Waals surface area contributed by atoms with Crippen molar-refractivity contribution in [3.8, 4) is 11.5 Å². The Morgan fingerprint density at radius 2 is 1.87 bits per heavy atom. The number of nitro groups is 1. The fourth-order valence-electron chi connectivity index (χ4n) is 2.78. The largest absolute Gasteiger partial charge is 0.493 e. The van der Waals surface area contributed by atoms with Crippen LogP contribution in [0.2, 0.25) is 0 Å². The molecule has 0 aliphatic heterocycles. The van der Waals surface area contributed by atoms with Gasteiger partial charge in [-0.25, -0.2) is 9.78 Å². The van der Waals surface area contributed by atoms with E-state index in [4.69, 9.17) is 14.2 Å². The number of nitrogens with one attached hydrogen (secondary N) is 1. The summed E-state index contributed by atoms with van der Waals surface area (Å²) >= 11 is 1.54. The smallest absolute Gasteiger partial charge is 0.345 e. The molecular weight excluding hydrogens is 426 g/mol. The molecule has 0 atom stereocenters. The van der Waals surface area contributed by atoms with Crippen molar-refractivity contribution in [3.63, 3.8) is 0 Å². The minimum absolute atomic E-state index is 0.0957.